The molecular weight excluding hydrogens is 414 g/mol. The van der Waals surface area contributed by atoms with Crippen LogP contribution in [0.5, 0.6) is 5.75 Å². The quantitative estimate of drug-likeness (QED) is 0.467. The Balaban J connectivity index is 1.44. The van der Waals surface area contributed by atoms with E-state index in [-0.39, 0.29) is 4.90 Å². The minimum absolute atomic E-state index is 0.0818. The smallest absolute Gasteiger partial charge is 0.238 e. The molecule has 0 saturated heterocycles. The summed E-state index contributed by atoms with van der Waals surface area (Å²) >= 11 is 0. The van der Waals surface area contributed by atoms with E-state index in [1.807, 2.05) is 22.9 Å². The number of nitrogens with one attached hydrogen (secondary N) is 1. The van der Waals surface area contributed by atoms with Gasteiger partial charge in [-0.25, -0.2) is 23.2 Å². The van der Waals surface area contributed by atoms with E-state index >= 15 is 0 Å². The van der Waals surface area contributed by atoms with Crippen LogP contribution in [-0.4, -0.2) is 36.8 Å². The van der Waals surface area contributed by atoms with Crippen LogP contribution in [-0.2, 0) is 29.4 Å². The van der Waals surface area contributed by atoms with E-state index in [1.165, 1.54) is 25.0 Å². The molecule has 1 aromatic heterocycles. The molecule has 0 amide bonds. The van der Waals surface area contributed by atoms with Crippen LogP contribution in [0.4, 0.5) is 0 Å². The number of nitrogens with two attached hydrogens (primary N) is 1. The Morgan fingerprint density at radius 1 is 1.16 bits per heavy atom. The minimum Gasteiger partial charge on any atom is -0.496 e. The van der Waals surface area contributed by atoms with E-state index in [4.69, 9.17) is 14.9 Å². The van der Waals surface area contributed by atoms with Crippen LogP contribution in [0.2, 0.25) is 0 Å². The van der Waals surface area contributed by atoms with Crippen molar-refractivity contribution >= 4 is 10.0 Å². The lowest BCUT2D eigenvalue weighted by Crippen LogP contribution is -2.18. The van der Waals surface area contributed by atoms with Gasteiger partial charge in [-0.1, -0.05) is 18.2 Å². The van der Waals surface area contributed by atoms with Gasteiger partial charge in [0.25, 0.3) is 0 Å². The van der Waals surface area contributed by atoms with Gasteiger partial charge in [-0.3, -0.25) is 0 Å². The van der Waals surface area contributed by atoms with Gasteiger partial charge in [0.2, 0.25) is 10.0 Å². The zero-order valence-electron chi connectivity index (χ0n) is 17.5. The summed E-state index contributed by atoms with van der Waals surface area (Å²) in [5, 5.41) is 13.3. The largest absolute Gasteiger partial charge is 0.496 e. The number of para-hydroxylation sites is 1. The second kappa shape index (κ2) is 9.17. The Morgan fingerprint density at radius 3 is 2.58 bits per heavy atom. The number of methoxy groups -OCH3 is 1. The first-order valence-corrected chi connectivity index (χ1v) is 11.9. The van der Waals surface area contributed by atoms with Gasteiger partial charge in [0, 0.05) is 6.42 Å². The number of hydrogen-bond donors (Lipinski definition) is 2. The normalized spacial score (nSPS) is 14.0. The fraction of sp³-hybridized carbons (Fsp3) is 0.364. The molecule has 0 atom stereocenters. The Hall–Kier alpha value is -2.75. The summed E-state index contributed by atoms with van der Waals surface area (Å²) in [6.45, 7) is 1.32. The molecule has 1 fully saturated rings. The van der Waals surface area contributed by atoms with Crippen molar-refractivity contribution in [3.63, 3.8) is 0 Å². The fourth-order valence-electron chi connectivity index (χ4n) is 3.50. The average molecular weight is 442 g/mol. The van der Waals surface area contributed by atoms with E-state index in [1.54, 1.807) is 19.2 Å². The second-order valence-corrected chi connectivity index (χ2v) is 9.34. The highest BCUT2D eigenvalue weighted by molar-refractivity contribution is 7.89. The maximum Gasteiger partial charge on any atom is 0.238 e. The van der Waals surface area contributed by atoms with Gasteiger partial charge < -0.3 is 10.1 Å². The van der Waals surface area contributed by atoms with Gasteiger partial charge in [-0.15, -0.1) is 5.10 Å². The number of sulfonamides is 1. The zero-order valence-corrected chi connectivity index (χ0v) is 18.3. The van der Waals surface area contributed by atoms with Crippen molar-refractivity contribution < 1.29 is 13.2 Å². The average Bonchev–Trinajstić information content (AvgIpc) is 3.49. The molecule has 1 heterocycles. The Kier molecular flexibility index (Phi) is 6.35. The number of rotatable bonds is 10. The highest BCUT2D eigenvalue weighted by Crippen LogP contribution is 2.32. The molecule has 3 aromatic rings. The third-order valence-corrected chi connectivity index (χ3v) is 6.27. The first-order valence-electron chi connectivity index (χ1n) is 10.3. The van der Waals surface area contributed by atoms with Crippen molar-refractivity contribution in [2.24, 2.45) is 11.1 Å². The van der Waals surface area contributed by atoms with Gasteiger partial charge in [0.15, 0.2) is 5.82 Å². The van der Waals surface area contributed by atoms with Gasteiger partial charge in [0.05, 0.1) is 24.2 Å². The van der Waals surface area contributed by atoms with Crippen molar-refractivity contribution in [1.29, 1.82) is 0 Å². The molecule has 0 aliphatic heterocycles. The van der Waals surface area contributed by atoms with Crippen molar-refractivity contribution in [2.75, 3.05) is 13.7 Å². The van der Waals surface area contributed by atoms with E-state index in [0.29, 0.717) is 18.3 Å². The maximum atomic E-state index is 11.5. The highest BCUT2D eigenvalue weighted by Gasteiger charge is 2.25. The molecule has 1 aliphatic rings. The zero-order chi connectivity index (χ0) is 21.8. The second-order valence-electron chi connectivity index (χ2n) is 7.78. The van der Waals surface area contributed by atoms with Crippen molar-refractivity contribution in [2.45, 2.75) is 37.1 Å². The van der Waals surface area contributed by atoms with Crippen LogP contribution in [0.15, 0.2) is 53.4 Å². The lowest BCUT2D eigenvalue weighted by atomic mass is 10.1. The predicted octanol–water partition coefficient (Wildman–Crippen LogP) is 2.21. The fourth-order valence-corrected chi connectivity index (χ4v) is 4.01. The summed E-state index contributed by atoms with van der Waals surface area (Å²) in [5.41, 5.74) is 1.93. The Bertz CT molecular complexity index is 1140. The molecule has 8 nitrogen and oxygen atoms in total. The summed E-state index contributed by atoms with van der Waals surface area (Å²) in [5.74, 6) is 3.15. The Morgan fingerprint density at radius 2 is 1.90 bits per heavy atom. The molecule has 1 aliphatic carbocycles. The standard InChI is InChI=1S/C22H27N5O3S/c1-30-20-5-3-2-4-17(20)12-13-24-15-21-25-22(14-16-6-7-16)27(26-21)18-8-10-19(11-9-18)31(23,28)29/h2-5,8-11,16,24H,6-7,12-15H2,1H3,(H2,23,28,29). The molecular formula is C22H27N5O3S. The molecule has 0 radical (unpaired) electrons. The summed E-state index contributed by atoms with van der Waals surface area (Å²) in [6.07, 6.45) is 4.13. The molecule has 4 rings (SSSR count). The SMILES string of the molecule is COc1ccccc1CCNCc1nc(CC2CC2)n(-c2ccc(S(N)(=O)=O)cc2)n1. The van der Waals surface area contributed by atoms with Crippen LogP contribution < -0.4 is 15.2 Å². The third kappa shape index (κ3) is 5.49. The predicted molar refractivity (Wildman–Crippen MR) is 118 cm³/mol. The van der Waals surface area contributed by atoms with Gasteiger partial charge in [-0.05, 0) is 67.6 Å². The first-order chi connectivity index (χ1) is 14.9. The van der Waals surface area contributed by atoms with Crippen LogP contribution in [0.1, 0.15) is 30.1 Å². The minimum atomic E-state index is -3.72. The molecule has 164 valence electrons. The molecule has 0 bridgehead atoms. The molecule has 9 heteroatoms. The number of nitrogens with zero attached hydrogens (tertiary/aromatic N) is 3. The molecule has 0 unspecified atom stereocenters. The maximum absolute atomic E-state index is 11.5. The lowest BCUT2D eigenvalue weighted by Gasteiger charge is -2.08. The number of hydrogen-bond acceptors (Lipinski definition) is 6. The molecule has 0 spiro atoms. The summed E-state index contributed by atoms with van der Waals surface area (Å²) in [6, 6.07) is 14.4. The number of aromatic nitrogens is 3. The number of primary sulfonamides is 1. The lowest BCUT2D eigenvalue weighted by molar-refractivity contribution is 0.409. The molecule has 2 aromatic carbocycles. The van der Waals surface area contributed by atoms with Gasteiger partial charge in [-0.2, -0.15) is 0 Å². The van der Waals surface area contributed by atoms with E-state index in [0.717, 1.165) is 42.2 Å². The van der Waals surface area contributed by atoms with Crippen molar-refractivity contribution in [3.8, 4) is 11.4 Å². The van der Waals surface area contributed by atoms with Gasteiger partial charge >= 0.3 is 0 Å². The molecule has 3 N–H and O–H groups in total. The monoisotopic (exact) mass is 441 g/mol. The van der Waals surface area contributed by atoms with E-state index in [9.17, 15) is 8.42 Å². The topological polar surface area (TPSA) is 112 Å². The number of ether oxygens (including phenoxy) is 1. The Labute approximate surface area is 182 Å². The van der Waals surface area contributed by atoms with Crippen LogP contribution in [0.25, 0.3) is 5.69 Å². The van der Waals surface area contributed by atoms with E-state index < -0.39 is 10.0 Å². The summed E-state index contributed by atoms with van der Waals surface area (Å²) in [4.78, 5) is 4.82. The molecule has 1 saturated carbocycles. The van der Waals surface area contributed by atoms with Crippen molar-refractivity contribution in [3.05, 3.63) is 65.7 Å². The van der Waals surface area contributed by atoms with Crippen LogP contribution >= 0.6 is 0 Å². The summed E-state index contributed by atoms with van der Waals surface area (Å²) in [7, 11) is -2.04. The van der Waals surface area contributed by atoms with Crippen LogP contribution in [0, 0.1) is 5.92 Å². The van der Waals surface area contributed by atoms with Gasteiger partial charge in [0.1, 0.15) is 11.6 Å². The van der Waals surface area contributed by atoms with Crippen LogP contribution in [0.3, 0.4) is 0 Å². The molecule has 31 heavy (non-hydrogen) atoms. The summed E-state index contributed by atoms with van der Waals surface area (Å²) < 4.78 is 30.3. The van der Waals surface area contributed by atoms with E-state index in [2.05, 4.69) is 16.5 Å². The van der Waals surface area contributed by atoms with Crippen molar-refractivity contribution in [1.82, 2.24) is 20.1 Å². The first kappa shape index (κ1) is 21.5. The third-order valence-electron chi connectivity index (χ3n) is 5.34. The number of benzene rings is 2. The highest BCUT2D eigenvalue weighted by atomic mass is 32.2.